The van der Waals surface area contributed by atoms with E-state index in [0.717, 1.165) is 30.9 Å². The number of aryl methyl sites for hydroxylation is 1. The summed E-state index contributed by atoms with van der Waals surface area (Å²) in [6.45, 7) is 4.74. The van der Waals surface area contributed by atoms with Gasteiger partial charge in [-0.3, -0.25) is 4.79 Å². The highest BCUT2D eigenvalue weighted by Crippen LogP contribution is 2.18. The van der Waals surface area contributed by atoms with Crippen molar-refractivity contribution in [2.24, 2.45) is 0 Å². The van der Waals surface area contributed by atoms with Gasteiger partial charge in [0.2, 0.25) is 0 Å². The first-order valence-electron chi connectivity index (χ1n) is 7.22. The van der Waals surface area contributed by atoms with Crippen LogP contribution in [0, 0.1) is 6.92 Å². The third-order valence-corrected chi connectivity index (χ3v) is 3.51. The van der Waals surface area contributed by atoms with Gasteiger partial charge in [0.25, 0.3) is 5.91 Å². The molecule has 1 saturated carbocycles. The Morgan fingerprint density at radius 2 is 2.05 bits per heavy atom. The quantitative estimate of drug-likeness (QED) is 0.876. The Balaban J connectivity index is 2.05. The van der Waals surface area contributed by atoms with Crippen LogP contribution in [0.4, 0.5) is 5.82 Å². The van der Waals surface area contributed by atoms with Gasteiger partial charge in [-0.2, -0.15) is 0 Å². The molecule has 0 unspecified atom stereocenters. The molecule has 1 heterocycles. The van der Waals surface area contributed by atoms with Gasteiger partial charge in [0.1, 0.15) is 5.82 Å². The Morgan fingerprint density at radius 3 is 2.74 bits per heavy atom. The Labute approximate surface area is 115 Å². The molecule has 2 rings (SSSR count). The number of pyridine rings is 1. The van der Waals surface area contributed by atoms with E-state index in [0.29, 0.717) is 11.6 Å². The fourth-order valence-electron chi connectivity index (χ4n) is 2.59. The SMILES string of the molecule is CCNc1cc(C(=O)NC2CCCCC2)cc(C)n1. The van der Waals surface area contributed by atoms with Crippen LogP contribution < -0.4 is 10.6 Å². The minimum Gasteiger partial charge on any atom is -0.370 e. The standard InChI is InChI=1S/C15H23N3O/c1-3-16-14-10-12(9-11(2)17-14)15(19)18-13-7-5-4-6-8-13/h9-10,13H,3-8H2,1-2H3,(H,16,17)(H,18,19). The number of nitrogens with one attached hydrogen (secondary N) is 2. The maximum absolute atomic E-state index is 12.3. The molecule has 4 heteroatoms. The lowest BCUT2D eigenvalue weighted by molar-refractivity contribution is 0.0927. The van der Waals surface area contributed by atoms with Crippen LogP contribution in [0.5, 0.6) is 0 Å². The summed E-state index contributed by atoms with van der Waals surface area (Å²) in [6, 6.07) is 4.02. The fraction of sp³-hybridized carbons (Fsp3) is 0.600. The highest BCUT2D eigenvalue weighted by atomic mass is 16.1. The maximum Gasteiger partial charge on any atom is 0.251 e. The number of carbonyl (C=O) groups excluding carboxylic acids is 1. The summed E-state index contributed by atoms with van der Waals surface area (Å²) in [5, 5.41) is 6.29. The Kier molecular flexibility index (Phi) is 4.77. The maximum atomic E-state index is 12.3. The van der Waals surface area contributed by atoms with Crippen molar-refractivity contribution in [3.63, 3.8) is 0 Å². The summed E-state index contributed by atoms with van der Waals surface area (Å²) in [7, 11) is 0. The van der Waals surface area contributed by atoms with Crippen molar-refractivity contribution in [3.05, 3.63) is 23.4 Å². The molecule has 0 saturated heterocycles. The van der Waals surface area contributed by atoms with Crippen LogP contribution >= 0.6 is 0 Å². The van der Waals surface area contributed by atoms with Crippen LogP contribution in [-0.2, 0) is 0 Å². The van der Waals surface area contributed by atoms with E-state index in [1.54, 1.807) is 0 Å². The van der Waals surface area contributed by atoms with E-state index in [-0.39, 0.29) is 5.91 Å². The molecule has 1 fully saturated rings. The molecule has 1 amide bonds. The normalized spacial score (nSPS) is 16.1. The molecule has 0 aromatic carbocycles. The number of carbonyl (C=O) groups is 1. The van der Waals surface area contributed by atoms with E-state index in [1.165, 1.54) is 19.3 Å². The first-order chi connectivity index (χ1) is 9.19. The molecule has 19 heavy (non-hydrogen) atoms. The summed E-state index contributed by atoms with van der Waals surface area (Å²) in [5.74, 6) is 0.799. The molecule has 4 nitrogen and oxygen atoms in total. The van der Waals surface area contributed by atoms with Gasteiger partial charge in [-0.1, -0.05) is 19.3 Å². The minimum atomic E-state index is 0.0246. The summed E-state index contributed by atoms with van der Waals surface area (Å²) in [5.41, 5.74) is 1.57. The molecule has 1 aromatic rings. The van der Waals surface area contributed by atoms with E-state index < -0.39 is 0 Å². The van der Waals surface area contributed by atoms with Crippen LogP contribution in [-0.4, -0.2) is 23.5 Å². The molecule has 104 valence electrons. The first-order valence-corrected chi connectivity index (χ1v) is 7.22. The minimum absolute atomic E-state index is 0.0246. The van der Waals surface area contributed by atoms with Crippen molar-refractivity contribution in [2.45, 2.75) is 52.0 Å². The van der Waals surface area contributed by atoms with E-state index in [4.69, 9.17) is 0 Å². The van der Waals surface area contributed by atoms with E-state index in [1.807, 2.05) is 26.0 Å². The Bertz CT molecular complexity index is 439. The molecule has 2 N–H and O–H groups in total. The van der Waals surface area contributed by atoms with Gasteiger partial charge in [0.15, 0.2) is 0 Å². The predicted octanol–water partition coefficient (Wildman–Crippen LogP) is 2.88. The smallest absolute Gasteiger partial charge is 0.251 e. The average molecular weight is 261 g/mol. The number of anilines is 1. The predicted molar refractivity (Wildman–Crippen MR) is 77.5 cm³/mol. The number of aromatic nitrogens is 1. The summed E-state index contributed by atoms with van der Waals surface area (Å²) in [4.78, 5) is 16.6. The molecule has 1 aliphatic rings. The molecule has 0 bridgehead atoms. The van der Waals surface area contributed by atoms with Gasteiger partial charge in [-0.05, 0) is 38.8 Å². The van der Waals surface area contributed by atoms with Gasteiger partial charge < -0.3 is 10.6 Å². The number of rotatable bonds is 4. The lowest BCUT2D eigenvalue weighted by Crippen LogP contribution is -2.36. The van der Waals surface area contributed by atoms with Crippen LogP contribution in [0.2, 0.25) is 0 Å². The van der Waals surface area contributed by atoms with Crippen LogP contribution in [0.3, 0.4) is 0 Å². The van der Waals surface area contributed by atoms with Crippen LogP contribution in [0.1, 0.15) is 55.1 Å². The molecule has 0 spiro atoms. The molecular weight excluding hydrogens is 238 g/mol. The summed E-state index contributed by atoms with van der Waals surface area (Å²) >= 11 is 0. The third kappa shape index (κ3) is 3.94. The van der Waals surface area contributed by atoms with Crippen molar-refractivity contribution in [3.8, 4) is 0 Å². The second-order valence-corrected chi connectivity index (χ2v) is 5.22. The zero-order valence-electron chi connectivity index (χ0n) is 11.8. The van der Waals surface area contributed by atoms with Crippen molar-refractivity contribution < 1.29 is 4.79 Å². The van der Waals surface area contributed by atoms with Gasteiger partial charge in [0.05, 0.1) is 0 Å². The Morgan fingerprint density at radius 1 is 1.32 bits per heavy atom. The van der Waals surface area contributed by atoms with Crippen molar-refractivity contribution in [1.29, 1.82) is 0 Å². The summed E-state index contributed by atoms with van der Waals surface area (Å²) in [6.07, 6.45) is 5.96. The zero-order valence-corrected chi connectivity index (χ0v) is 11.8. The summed E-state index contributed by atoms with van der Waals surface area (Å²) < 4.78 is 0. The van der Waals surface area contributed by atoms with Crippen molar-refractivity contribution in [1.82, 2.24) is 10.3 Å². The second-order valence-electron chi connectivity index (χ2n) is 5.22. The molecular formula is C15H23N3O. The molecule has 1 aliphatic carbocycles. The fourth-order valence-corrected chi connectivity index (χ4v) is 2.59. The molecule has 0 atom stereocenters. The zero-order chi connectivity index (χ0) is 13.7. The monoisotopic (exact) mass is 261 g/mol. The second kappa shape index (κ2) is 6.55. The van der Waals surface area contributed by atoms with Gasteiger partial charge >= 0.3 is 0 Å². The molecule has 0 aliphatic heterocycles. The van der Waals surface area contributed by atoms with E-state index >= 15 is 0 Å². The average Bonchev–Trinajstić information content (AvgIpc) is 2.39. The highest BCUT2D eigenvalue weighted by molar-refractivity contribution is 5.95. The van der Waals surface area contributed by atoms with Gasteiger partial charge in [0, 0.05) is 23.8 Å². The van der Waals surface area contributed by atoms with E-state index in [2.05, 4.69) is 15.6 Å². The largest absolute Gasteiger partial charge is 0.370 e. The first kappa shape index (κ1) is 13.8. The molecule has 1 aromatic heterocycles. The number of hydrogen-bond acceptors (Lipinski definition) is 3. The van der Waals surface area contributed by atoms with Crippen LogP contribution in [0.25, 0.3) is 0 Å². The lowest BCUT2D eigenvalue weighted by atomic mass is 9.95. The third-order valence-electron chi connectivity index (χ3n) is 3.51. The van der Waals surface area contributed by atoms with Crippen molar-refractivity contribution in [2.75, 3.05) is 11.9 Å². The highest BCUT2D eigenvalue weighted by Gasteiger charge is 2.17. The topological polar surface area (TPSA) is 54.0 Å². The lowest BCUT2D eigenvalue weighted by Gasteiger charge is -2.22. The Hall–Kier alpha value is -1.58. The van der Waals surface area contributed by atoms with E-state index in [9.17, 15) is 4.79 Å². The van der Waals surface area contributed by atoms with Gasteiger partial charge in [-0.25, -0.2) is 4.98 Å². The number of hydrogen-bond donors (Lipinski definition) is 2. The van der Waals surface area contributed by atoms with Crippen LogP contribution in [0.15, 0.2) is 12.1 Å². The van der Waals surface area contributed by atoms with Gasteiger partial charge in [-0.15, -0.1) is 0 Å². The van der Waals surface area contributed by atoms with Crippen molar-refractivity contribution >= 4 is 11.7 Å². The molecule has 0 radical (unpaired) electrons. The number of amides is 1. The number of nitrogens with zero attached hydrogens (tertiary/aromatic N) is 1.